The van der Waals surface area contributed by atoms with Crippen LogP contribution in [0.15, 0.2) is 36.9 Å². The van der Waals surface area contributed by atoms with Crippen molar-refractivity contribution in [2.24, 2.45) is 5.73 Å². The molecule has 1 heterocycles. The van der Waals surface area contributed by atoms with Gasteiger partial charge in [-0.05, 0) is 30.2 Å². The third kappa shape index (κ3) is 2.05. The van der Waals surface area contributed by atoms with Gasteiger partial charge >= 0.3 is 0 Å². The lowest BCUT2D eigenvalue weighted by molar-refractivity contribution is 0.770. The van der Waals surface area contributed by atoms with Crippen LogP contribution < -0.4 is 5.73 Å². The minimum absolute atomic E-state index is 0.369. The van der Waals surface area contributed by atoms with Crippen LogP contribution in [0.25, 0.3) is 5.69 Å². The smallest absolute Gasteiger partial charge is 0.138 e. The fourth-order valence-corrected chi connectivity index (χ4v) is 1.45. The summed E-state index contributed by atoms with van der Waals surface area (Å²) in [7, 11) is 0. The van der Waals surface area contributed by atoms with Crippen LogP contribution in [-0.4, -0.2) is 21.3 Å². The molecule has 0 aliphatic heterocycles. The van der Waals surface area contributed by atoms with E-state index in [0.717, 1.165) is 5.69 Å². The van der Waals surface area contributed by atoms with E-state index in [1.54, 1.807) is 11.0 Å². The molecule has 0 saturated heterocycles. The molecule has 0 aliphatic carbocycles. The summed E-state index contributed by atoms with van der Waals surface area (Å²) >= 11 is 0. The van der Waals surface area contributed by atoms with E-state index in [2.05, 4.69) is 29.1 Å². The Morgan fingerprint density at radius 3 is 3.00 bits per heavy atom. The highest BCUT2D eigenvalue weighted by Gasteiger charge is 2.04. The molecule has 0 saturated carbocycles. The Morgan fingerprint density at radius 2 is 2.33 bits per heavy atom. The first kappa shape index (κ1) is 9.86. The van der Waals surface area contributed by atoms with Gasteiger partial charge in [0.1, 0.15) is 12.7 Å². The maximum absolute atomic E-state index is 5.64. The highest BCUT2D eigenvalue weighted by atomic mass is 15.3. The van der Waals surface area contributed by atoms with Gasteiger partial charge in [0.05, 0.1) is 5.69 Å². The fraction of sp³-hybridized carbons (Fsp3) is 0.273. The van der Waals surface area contributed by atoms with Crippen molar-refractivity contribution < 1.29 is 0 Å². The Kier molecular flexibility index (Phi) is 2.78. The van der Waals surface area contributed by atoms with E-state index in [4.69, 9.17) is 5.73 Å². The minimum atomic E-state index is 0.369. The van der Waals surface area contributed by atoms with Crippen LogP contribution >= 0.6 is 0 Å². The van der Waals surface area contributed by atoms with E-state index in [9.17, 15) is 0 Å². The number of benzene rings is 1. The zero-order chi connectivity index (χ0) is 10.7. The Bertz CT molecular complexity index is 422. The van der Waals surface area contributed by atoms with Gasteiger partial charge in [-0.3, -0.25) is 0 Å². The number of rotatable bonds is 3. The van der Waals surface area contributed by atoms with Crippen molar-refractivity contribution in [1.82, 2.24) is 14.8 Å². The lowest BCUT2D eigenvalue weighted by Gasteiger charge is -2.10. The van der Waals surface area contributed by atoms with E-state index in [0.29, 0.717) is 12.5 Å². The van der Waals surface area contributed by atoms with Crippen molar-refractivity contribution in [2.75, 3.05) is 6.54 Å². The van der Waals surface area contributed by atoms with Crippen molar-refractivity contribution in [2.45, 2.75) is 12.8 Å². The van der Waals surface area contributed by atoms with Crippen LogP contribution in [-0.2, 0) is 0 Å². The average Bonchev–Trinajstić information content (AvgIpc) is 2.82. The van der Waals surface area contributed by atoms with Crippen LogP contribution in [0.1, 0.15) is 18.4 Å². The molecule has 2 aromatic rings. The zero-order valence-electron chi connectivity index (χ0n) is 8.67. The largest absolute Gasteiger partial charge is 0.330 e. The van der Waals surface area contributed by atoms with Gasteiger partial charge < -0.3 is 5.73 Å². The predicted octanol–water partition coefficient (Wildman–Crippen LogP) is 1.33. The number of hydrogen-bond acceptors (Lipinski definition) is 3. The summed E-state index contributed by atoms with van der Waals surface area (Å²) in [5.74, 6) is 0.369. The van der Waals surface area contributed by atoms with E-state index >= 15 is 0 Å². The molecule has 0 amide bonds. The highest BCUT2D eigenvalue weighted by Crippen LogP contribution is 2.16. The van der Waals surface area contributed by atoms with Crippen LogP contribution in [0.5, 0.6) is 0 Å². The average molecular weight is 202 g/mol. The first-order valence-corrected chi connectivity index (χ1v) is 4.96. The number of hydrogen-bond donors (Lipinski definition) is 1. The molecule has 2 N–H and O–H groups in total. The second kappa shape index (κ2) is 4.23. The number of aromatic nitrogens is 3. The lowest BCUT2D eigenvalue weighted by Crippen LogP contribution is -2.09. The Morgan fingerprint density at radius 1 is 1.47 bits per heavy atom. The van der Waals surface area contributed by atoms with E-state index < -0.39 is 0 Å². The monoisotopic (exact) mass is 202 g/mol. The fourth-order valence-electron chi connectivity index (χ4n) is 1.45. The zero-order valence-corrected chi connectivity index (χ0v) is 8.67. The highest BCUT2D eigenvalue weighted by molar-refractivity contribution is 5.36. The predicted molar refractivity (Wildman–Crippen MR) is 58.8 cm³/mol. The van der Waals surface area contributed by atoms with Crippen LogP contribution in [0.4, 0.5) is 0 Å². The maximum Gasteiger partial charge on any atom is 0.138 e. The third-order valence-corrected chi connectivity index (χ3v) is 2.48. The summed E-state index contributed by atoms with van der Waals surface area (Å²) in [6, 6.07) is 8.18. The first-order valence-electron chi connectivity index (χ1n) is 4.96. The van der Waals surface area contributed by atoms with E-state index in [-0.39, 0.29) is 0 Å². The van der Waals surface area contributed by atoms with Gasteiger partial charge in [0, 0.05) is 0 Å². The molecule has 15 heavy (non-hydrogen) atoms. The first-order chi connectivity index (χ1) is 7.31. The van der Waals surface area contributed by atoms with Crippen molar-refractivity contribution in [3.8, 4) is 5.69 Å². The summed E-state index contributed by atoms with van der Waals surface area (Å²) in [4.78, 5) is 3.92. The molecule has 0 bridgehead atoms. The van der Waals surface area contributed by atoms with Gasteiger partial charge in [-0.2, -0.15) is 5.10 Å². The molecule has 0 aliphatic rings. The normalized spacial score (nSPS) is 12.7. The summed E-state index contributed by atoms with van der Waals surface area (Å²) < 4.78 is 1.74. The van der Waals surface area contributed by atoms with Gasteiger partial charge in [-0.15, -0.1) is 0 Å². The van der Waals surface area contributed by atoms with Gasteiger partial charge in [0.25, 0.3) is 0 Å². The second-order valence-corrected chi connectivity index (χ2v) is 3.57. The Hall–Kier alpha value is -1.68. The molecule has 0 fully saturated rings. The second-order valence-electron chi connectivity index (χ2n) is 3.57. The number of nitrogens with zero attached hydrogens (tertiary/aromatic N) is 3. The molecule has 0 spiro atoms. The van der Waals surface area contributed by atoms with Gasteiger partial charge in [0.2, 0.25) is 0 Å². The van der Waals surface area contributed by atoms with E-state index in [1.807, 2.05) is 12.1 Å². The van der Waals surface area contributed by atoms with Crippen molar-refractivity contribution in [3.05, 3.63) is 42.5 Å². The summed E-state index contributed by atoms with van der Waals surface area (Å²) in [6.07, 6.45) is 3.21. The molecule has 2 rings (SSSR count). The molecule has 4 heteroatoms. The minimum Gasteiger partial charge on any atom is -0.330 e. The van der Waals surface area contributed by atoms with E-state index in [1.165, 1.54) is 11.9 Å². The molecule has 78 valence electrons. The van der Waals surface area contributed by atoms with Crippen molar-refractivity contribution >= 4 is 0 Å². The molecule has 1 aromatic carbocycles. The maximum atomic E-state index is 5.64. The van der Waals surface area contributed by atoms with Crippen LogP contribution in [0.2, 0.25) is 0 Å². The van der Waals surface area contributed by atoms with Crippen LogP contribution in [0.3, 0.4) is 0 Å². The van der Waals surface area contributed by atoms with Gasteiger partial charge in [-0.1, -0.05) is 19.1 Å². The van der Waals surface area contributed by atoms with Crippen molar-refractivity contribution in [3.63, 3.8) is 0 Å². The number of nitrogens with two attached hydrogens (primary N) is 1. The molecular formula is C11H14N4. The Balaban J connectivity index is 2.35. The lowest BCUT2D eigenvalue weighted by atomic mass is 10.0. The molecular weight excluding hydrogens is 188 g/mol. The molecule has 1 atom stereocenters. The summed E-state index contributed by atoms with van der Waals surface area (Å²) in [6.45, 7) is 2.77. The SMILES string of the molecule is CC(CN)c1cccc(-n2cncn2)c1. The van der Waals surface area contributed by atoms with Crippen molar-refractivity contribution in [1.29, 1.82) is 0 Å². The van der Waals surface area contributed by atoms with Crippen LogP contribution in [0, 0.1) is 0 Å². The summed E-state index contributed by atoms with van der Waals surface area (Å²) in [5.41, 5.74) is 7.88. The molecule has 1 unspecified atom stereocenters. The standard InChI is InChI=1S/C11H14N4/c1-9(6-12)10-3-2-4-11(5-10)15-8-13-7-14-15/h2-5,7-9H,6,12H2,1H3. The topological polar surface area (TPSA) is 56.7 Å². The molecule has 1 aromatic heterocycles. The molecule has 4 nitrogen and oxygen atoms in total. The van der Waals surface area contributed by atoms with Gasteiger partial charge in [0.15, 0.2) is 0 Å². The van der Waals surface area contributed by atoms with Gasteiger partial charge in [-0.25, -0.2) is 9.67 Å². The summed E-state index contributed by atoms with van der Waals surface area (Å²) in [5, 5.41) is 4.09. The Labute approximate surface area is 88.8 Å². The third-order valence-electron chi connectivity index (χ3n) is 2.48. The molecule has 0 radical (unpaired) electrons. The quantitative estimate of drug-likeness (QED) is 0.816.